The number of aromatic nitrogens is 3. The Morgan fingerprint density at radius 3 is 2.31 bits per heavy atom. The molecule has 0 aliphatic carbocycles. The number of urea groups is 1. The molecule has 0 aliphatic heterocycles. The molecule has 5 aromatic rings. The first-order valence-electron chi connectivity index (χ1n) is 16.5. The Balaban J connectivity index is 1.23. The number of rotatable bonds is 13. The Morgan fingerprint density at radius 1 is 0.942 bits per heavy atom. The summed E-state index contributed by atoms with van der Waals surface area (Å²) in [4.78, 5) is 37.4. The Morgan fingerprint density at radius 2 is 1.63 bits per heavy atom. The number of primary amides is 1. The summed E-state index contributed by atoms with van der Waals surface area (Å²) in [6.07, 6.45) is 0. The van der Waals surface area contributed by atoms with Crippen LogP contribution in [0.4, 0.5) is 10.6 Å². The number of amides is 3. The number of phenols is 1. The molecule has 0 aliphatic rings. The van der Waals surface area contributed by atoms with Gasteiger partial charge in [0.2, 0.25) is 5.91 Å². The summed E-state index contributed by atoms with van der Waals surface area (Å²) in [6.45, 7) is 9.06. The molecule has 0 radical (unpaired) electrons. The second kappa shape index (κ2) is 16.4. The molecule has 0 bridgehead atoms. The number of nitrogens with two attached hydrogens (primary N) is 1. The van der Waals surface area contributed by atoms with E-state index in [4.69, 9.17) is 38.8 Å². The van der Waals surface area contributed by atoms with Gasteiger partial charge in [0.1, 0.15) is 28.9 Å². The molecule has 272 valence electrons. The third kappa shape index (κ3) is 9.52. The largest absolute Gasteiger partial charge is 0.506 e. The lowest BCUT2D eigenvalue weighted by atomic mass is 9.92. The van der Waals surface area contributed by atoms with Crippen LogP contribution < -0.4 is 32.0 Å². The predicted molar refractivity (Wildman–Crippen MR) is 202 cm³/mol. The molecule has 0 saturated heterocycles. The van der Waals surface area contributed by atoms with Gasteiger partial charge in [-0.15, -0.1) is 0 Å². The van der Waals surface area contributed by atoms with Crippen molar-refractivity contribution in [2.24, 2.45) is 5.73 Å². The van der Waals surface area contributed by atoms with E-state index in [1.807, 2.05) is 76.2 Å². The molecule has 3 aromatic carbocycles. The molecule has 0 fully saturated rings. The summed E-state index contributed by atoms with van der Waals surface area (Å²) in [5.41, 5.74) is 9.97. The second-order valence-electron chi connectivity index (χ2n) is 13.3. The first kappa shape index (κ1) is 37.9. The van der Waals surface area contributed by atoms with Gasteiger partial charge in [-0.25, -0.2) is 9.48 Å². The van der Waals surface area contributed by atoms with Gasteiger partial charge in [-0.3, -0.25) is 14.9 Å². The normalized spacial score (nSPS) is 11.3. The van der Waals surface area contributed by atoms with Crippen LogP contribution in [0.15, 0.2) is 83.7 Å². The summed E-state index contributed by atoms with van der Waals surface area (Å²) < 4.78 is 9.22. The molecule has 14 heteroatoms. The van der Waals surface area contributed by atoms with Gasteiger partial charge in [-0.1, -0.05) is 92.5 Å². The van der Waals surface area contributed by atoms with Gasteiger partial charge < -0.3 is 30.8 Å². The highest BCUT2D eigenvalue weighted by Gasteiger charge is 2.22. The van der Waals surface area contributed by atoms with Crippen molar-refractivity contribution in [3.8, 4) is 17.2 Å². The highest BCUT2D eigenvalue weighted by atomic mass is 35.5. The average Bonchev–Trinajstić information content (AvgIpc) is 3.53. The third-order valence-electron chi connectivity index (χ3n) is 8.24. The maximum absolute atomic E-state index is 13.3. The van der Waals surface area contributed by atoms with Gasteiger partial charge >= 0.3 is 6.03 Å². The van der Waals surface area contributed by atoms with Crippen LogP contribution in [0.3, 0.4) is 0 Å². The van der Waals surface area contributed by atoms with Crippen molar-refractivity contribution in [2.45, 2.75) is 59.4 Å². The fourth-order valence-corrected chi connectivity index (χ4v) is 5.70. The van der Waals surface area contributed by atoms with Gasteiger partial charge in [-0.2, -0.15) is 5.10 Å². The lowest BCUT2D eigenvalue weighted by molar-refractivity contribution is -0.117. The van der Waals surface area contributed by atoms with Crippen molar-refractivity contribution in [1.82, 2.24) is 25.0 Å². The first-order valence-corrected chi connectivity index (χ1v) is 17.3. The van der Waals surface area contributed by atoms with Gasteiger partial charge in [0.15, 0.2) is 0 Å². The molecule has 6 N–H and O–H groups in total. The van der Waals surface area contributed by atoms with Gasteiger partial charge in [0, 0.05) is 36.3 Å². The number of halogens is 2. The van der Waals surface area contributed by atoms with Crippen LogP contribution in [0.1, 0.15) is 54.4 Å². The maximum Gasteiger partial charge on any atom is 0.320 e. The monoisotopic (exact) mass is 745 g/mol. The number of pyridine rings is 1. The summed E-state index contributed by atoms with van der Waals surface area (Å²) >= 11 is 12.7. The lowest BCUT2D eigenvalue weighted by Gasteiger charge is -2.16. The van der Waals surface area contributed by atoms with Gasteiger partial charge in [0.25, 0.3) is 5.56 Å². The number of carbonyl (C=O) groups is 2. The number of carbonyl (C=O) groups excluding carboxylic acids is 2. The zero-order valence-electron chi connectivity index (χ0n) is 29.3. The third-order valence-corrected chi connectivity index (χ3v) is 8.89. The Bertz CT molecular complexity index is 2140. The van der Waals surface area contributed by atoms with E-state index in [9.17, 15) is 19.5 Å². The Labute approximate surface area is 311 Å². The Kier molecular flexibility index (Phi) is 11.9. The second-order valence-corrected chi connectivity index (χ2v) is 14.1. The number of phenolic OH excluding ortho intramolecular Hbond substituents is 1. The zero-order chi connectivity index (χ0) is 37.6. The van der Waals surface area contributed by atoms with E-state index in [0.717, 1.165) is 27.9 Å². The molecular weight excluding hydrogens is 705 g/mol. The molecule has 3 amide bonds. The van der Waals surface area contributed by atoms with Crippen molar-refractivity contribution in [1.29, 1.82) is 0 Å². The molecule has 5 rings (SSSR count). The Hall–Kier alpha value is -5.30. The average molecular weight is 747 g/mol. The fourth-order valence-electron chi connectivity index (χ4n) is 5.32. The minimum absolute atomic E-state index is 0.0333. The van der Waals surface area contributed by atoms with Crippen LogP contribution >= 0.6 is 23.2 Å². The van der Waals surface area contributed by atoms with E-state index in [2.05, 4.69) is 16.0 Å². The van der Waals surface area contributed by atoms with Crippen molar-refractivity contribution in [2.75, 3.05) is 11.9 Å². The SMILES string of the molecule is Cc1cc(OCc2ccccc2CNC(=O)Nc2cc(C(C)(C)C)nn2-c2ccc(O)c(Cl)c2)c(Cl)c(=O)n1Cc1ccc(CNCC(N)=O)cc1. The standard InChI is InChI=1S/C38H41Cl2N7O5/c1-23-15-31(35(40)36(50)46(23)21-25-11-9-24(10-12-25)18-42-20-33(41)49)52-22-27-8-6-5-7-26(27)19-43-37(51)44-34-17-32(38(2,3)4)45-47(34)28-13-14-30(48)29(39)16-28/h5-17,42,48H,18-22H2,1-4H3,(H2,41,49)(H2,43,44,51). The minimum Gasteiger partial charge on any atom is -0.506 e. The van der Waals surface area contributed by atoms with Crippen molar-refractivity contribution < 1.29 is 19.4 Å². The molecule has 52 heavy (non-hydrogen) atoms. The van der Waals surface area contributed by atoms with E-state index < -0.39 is 11.9 Å². The van der Waals surface area contributed by atoms with Crippen LogP contribution in [0.2, 0.25) is 10.0 Å². The van der Waals surface area contributed by atoms with Crippen LogP contribution in [0.25, 0.3) is 5.69 Å². The van der Waals surface area contributed by atoms with E-state index in [0.29, 0.717) is 30.3 Å². The summed E-state index contributed by atoms with van der Waals surface area (Å²) in [5, 5.41) is 23.5. The van der Waals surface area contributed by atoms with Crippen LogP contribution in [0.5, 0.6) is 11.5 Å². The number of ether oxygens (including phenoxy) is 1. The molecule has 0 saturated carbocycles. The molecule has 2 aromatic heterocycles. The van der Waals surface area contributed by atoms with E-state index >= 15 is 0 Å². The highest BCUT2D eigenvalue weighted by Crippen LogP contribution is 2.30. The highest BCUT2D eigenvalue weighted by molar-refractivity contribution is 6.32. The molecule has 12 nitrogen and oxygen atoms in total. The fraction of sp³-hybridized carbons (Fsp3) is 0.263. The lowest BCUT2D eigenvalue weighted by Crippen LogP contribution is -2.29. The minimum atomic E-state index is -0.459. The predicted octanol–water partition coefficient (Wildman–Crippen LogP) is 6.18. The van der Waals surface area contributed by atoms with E-state index in [1.54, 1.807) is 33.5 Å². The van der Waals surface area contributed by atoms with E-state index in [-0.39, 0.29) is 52.2 Å². The van der Waals surface area contributed by atoms with E-state index in [1.165, 1.54) is 6.07 Å². The molecular formula is C38H41Cl2N7O5. The van der Waals surface area contributed by atoms with Crippen molar-refractivity contribution in [3.63, 3.8) is 0 Å². The molecule has 2 heterocycles. The number of aryl methyl sites for hydroxylation is 1. The first-order chi connectivity index (χ1) is 24.7. The number of hydrogen-bond acceptors (Lipinski definition) is 7. The number of nitrogens with zero attached hydrogens (tertiary/aromatic N) is 3. The molecule has 0 unspecified atom stereocenters. The topological polar surface area (TPSA) is 166 Å². The van der Waals surface area contributed by atoms with Gasteiger partial charge in [-0.05, 0) is 47.4 Å². The maximum atomic E-state index is 13.3. The van der Waals surface area contributed by atoms with Crippen LogP contribution in [-0.2, 0) is 36.5 Å². The number of benzene rings is 3. The molecule has 0 atom stereocenters. The quantitative estimate of drug-likeness (QED) is 0.0961. The van der Waals surface area contributed by atoms with Crippen molar-refractivity contribution in [3.05, 3.63) is 133 Å². The molecule has 0 spiro atoms. The summed E-state index contributed by atoms with van der Waals surface area (Å²) in [6, 6.07) is 22.9. The zero-order valence-corrected chi connectivity index (χ0v) is 30.8. The van der Waals surface area contributed by atoms with Crippen molar-refractivity contribution >= 4 is 41.0 Å². The number of aromatic hydroxyl groups is 1. The number of hydrogen-bond donors (Lipinski definition) is 5. The smallest absolute Gasteiger partial charge is 0.320 e. The van der Waals surface area contributed by atoms with Gasteiger partial charge in [0.05, 0.1) is 29.5 Å². The summed E-state index contributed by atoms with van der Waals surface area (Å²) in [5.74, 6) is 0.200. The number of nitrogens with one attached hydrogen (secondary N) is 3. The number of anilines is 1. The summed E-state index contributed by atoms with van der Waals surface area (Å²) in [7, 11) is 0. The van der Waals surface area contributed by atoms with Crippen LogP contribution in [0, 0.1) is 6.92 Å². The van der Waals surface area contributed by atoms with Crippen LogP contribution in [-0.4, -0.2) is 37.9 Å².